The Morgan fingerprint density at radius 2 is 1.80 bits per heavy atom. The second-order valence-electron chi connectivity index (χ2n) is 4.66. The van der Waals surface area contributed by atoms with E-state index < -0.39 is 30.3 Å². The fourth-order valence-electron chi connectivity index (χ4n) is 1.28. The van der Waals surface area contributed by atoms with Gasteiger partial charge in [-0.25, -0.2) is 0 Å². The van der Waals surface area contributed by atoms with Crippen LogP contribution in [0.1, 0.15) is 27.2 Å². The first kappa shape index (κ1) is 16.0. The quantitative estimate of drug-likeness (QED) is 0.489. The molecule has 0 spiro atoms. The average Bonchev–Trinajstić information content (AvgIpc) is 2.55. The van der Waals surface area contributed by atoms with Crippen molar-refractivity contribution in [2.24, 2.45) is 5.92 Å². The van der Waals surface area contributed by atoms with Crippen molar-refractivity contribution >= 4 is 12.9 Å². The van der Waals surface area contributed by atoms with Crippen molar-refractivity contribution in [1.82, 2.24) is 0 Å². The fraction of sp³-hybridized carbons (Fsp3) is 0.875. The van der Waals surface area contributed by atoms with Gasteiger partial charge < -0.3 is 17.7 Å². The third-order valence-electron chi connectivity index (χ3n) is 2.03. The van der Waals surface area contributed by atoms with Crippen LogP contribution in [0.3, 0.4) is 0 Å². The van der Waals surface area contributed by atoms with Gasteiger partial charge in [-0.05, 0) is 20.8 Å². The van der Waals surface area contributed by atoms with Crippen molar-refractivity contribution in [1.29, 1.82) is 0 Å². The van der Waals surface area contributed by atoms with Crippen LogP contribution in [0.4, 0.5) is 12.9 Å². The largest absolute Gasteiger partial charge is 1.00 e. The third kappa shape index (κ3) is 5.21. The monoisotopic (exact) mass is 248 g/mol. The van der Waals surface area contributed by atoms with Gasteiger partial charge in [0.2, 0.25) is 0 Å². The molecule has 1 aliphatic carbocycles. The summed E-state index contributed by atoms with van der Waals surface area (Å²) >= 11 is 0. The molecular weight excluding hydrogens is 235 g/mol. The third-order valence-corrected chi connectivity index (χ3v) is 2.03. The smallest absolute Gasteiger partial charge is 0.460 e. The summed E-state index contributed by atoms with van der Waals surface area (Å²) in [6.45, 7) is 0.0439. The molecule has 0 aromatic rings. The Bertz CT molecular complexity index is 249. The zero-order valence-electron chi connectivity index (χ0n) is 9.39. The molecule has 1 rings (SSSR count). The summed E-state index contributed by atoms with van der Waals surface area (Å²) in [5.74, 6) is -3.10. The molecule has 0 heterocycles. The van der Waals surface area contributed by atoms with Gasteiger partial charge in [0.1, 0.15) is 5.60 Å². The minimum absolute atomic E-state index is 0. The zero-order valence-corrected chi connectivity index (χ0v) is 12.5. The normalized spacial score (nSPS) is 25.5. The molecule has 1 aliphatic rings. The van der Waals surface area contributed by atoms with E-state index in [0.29, 0.717) is 0 Å². The molecule has 15 heavy (non-hydrogen) atoms. The summed E-state index contributed by atoms with van der Waals surface area (Å²) in [6.07, 6.45) is -0.0988. The van der Waals surface area contributed by atoms with Gasteiger partial charge in [-0.15, -0.1) is 0 Å². The fourth-order valence-corrected chi connectivity index (χ4v) is 1.28. The van der Waals surface area contributed by atoms with E-state index in [1.807, 2.05) is 0 Å². The maximum atomic E-state index is 12.1. The Balaban J connectivity index is 0.00000196. The molecule has 0 radical (unpaired) electrons. The summed E-state index contributed by atoms with van der Waals surface area (Å²) in [5, 5.41) is 0. The first-order valence-corrected chi connectivity index (χ1v) is 4.54. The molecule has 0 bridgehead atoms. The van der Waals surface area contributed by atoms with Gasteiger partial charge in [-0.1, -0.05) is 12.2 Å². The summed E-state index contributed by atoms with van der Waals surface area (Å²) in [4.78, 5) is 11.2. The van der Waals surface area contributed by atoms with Crippen molar-refractivity contribution in [3.05, 3.63) is 0 Å². The molecule has 2 atom stereocenters. The number of esters is 1. The molecule has 0 aromatic heterocycles. The van der Waals surface area contributed by atoms with Crippen LogP contribution in [-0.4, -0.2) is 18.5 Å². The molecule has 1 saturated carbocycles. The van der Waals surface area contributed by atoms with Crippen LogP contribution >= 0.6 is 0 Å². The van der Waals surface area contributed by atoms with Crippen LogP contribution in [0.2, 0.25) is 5.82 Å². The number of carbonyl (C=O) groups is 1. The molecule has 0 aliphatic heterocycles. The van der Waals surface area contributed by atoms with Gasteiger partial charge in [0, 0.05) is 5.92 Å². The van der Waals surface area contributed by atoms with Crippen molar-refractivity contribution in [3.8, 4) is 0 Å². The number of rotatable bonds is 2. The van der Waals surface area contributed by atoms with E-state index in [1.54, 1.807) is 20.8 Å². The molecule has 7 heteroatoms. The van der Waals surface area contributed by atoms with Crippen molar-refractivity contribution in [2.75, 3.05) is 0 Å². The second-order valence-corrected chi connectivity index (χ2v) is 4.66. The van der Waals surface area contributed by atoms with E-state index in [-0.39, 0.29) is 57.8 Å². The maximum Gasteiger partial charge on any atom is 1.00 e. The minimum Gasteiger partial charge on any atom is -0.460 e. The van der Waals surface area contributed by atoms with Gasteiger partial charge in [-0.2, -0.15) is 0 Å². The van der Waals surface area contributed by atoms with Crippen molar-refractivity contribution < 1.29 is 73.9 Å². The van der Waals surface area contributed by atoms with E-state index in [1.165, 1.54) is 0 Å². The zero-order chi connectivity index (χ0) is 11.1. The molecule has 82 valence electrons. The van der Waals surface area contributed by atoms with Crippen molar-refractivity contribution in [2.45, 2.75) is 38.6 Å². The van der Waals surface area contributed by atoms with E-state index in [9.17, 15) is 17.7 Å². The molecular formula is C8H13BF3KO2. The van der Waals surface area contributed by atoms with E-state index >= 15 is 0 Å². The Kier molecular flexibility index (Phi) is 5.40. The predicted octanol–water partition coefficient (Wildman–Crippen LogP) is -0.430. The first-order valence-electron chi connectivity index (χ1n) is 4.54. The molecule has 2 nitrogen and oxygen atoms in total. The Morgan fingerprint density at radius 3 is 2.07 bits per heavy atom. The number of ether oxygens (including phenoxy) is 1. The molecule has 0 aromatic carbocycles. The van der Waals surface area contributed by atoms with Gasteiger partial charge in [0.25, 0.3) is 0 Å². The van der Waals surface area contributed by atoms with Gasteiger partial charge in [0.05, 0.1) is 0 Å². The van der Waals surface area contributed by atoms with E-state index in [2.05, 4.69) is 0 Å². The van der Waals surface area contributed by atoms with Gasteiger partial charge >= 0.3 is 64.3 Å². The van der Waals surface area contributed by atoms with Gasteiger partial charge in [-0.3, -0.25) is 4.79 Å². The SMILES string of the molecule is CC(C)(C)OC(=O)[C@@H]1C[C@H]1[B-](F)(F)F.[K+]. The number of carbonyl (C=O) groups excluding carboxylic acids is 1. The van der Waals surface area contributed by atoms with Gasteiger partial charge in [0.15, 0.2) is 0 Å². The van der Waals surface area contributed by atoms with Crippen LogP contribution in [0.5, 0.6) is 0 Å². The summed E-state index contributed by atoms with van der Waals surface area (Å²) < 4.78 is 41.3. The van der Waals surface area contributed by atoms with Crippen LogP contribution in [0.15, 0.2) is 0 Å². The summed E-state index contributed by atoms with van der Waals surface area (Å²) in [5.41, 5.74) is -0.706. The topological polar surface area (TPSA) is 26.3 Å². The maximum absolute atomic E-state index is 12.1. The minimum atomic E-state index is -4.88. The molecule has 0 unspecified atom stereocenters. The molecule has 0 saturated heterocycles. The van der Waals surface area contributed by atoms with E-state index in [4.69, 9.17) is 4.74 Å². The average molecular weight is 248 g/mol. The number of halogens is 3. The summed E-state index contributed by atoms with van der Waals surface area (Å²) in [6, 6.07) is 0. The van der Waals surface area contributed by atoms with Crippen molar-refractivity contribution in [3.63, 3.8) is 0 Å². The summed E-state index contributed by atoms with van der Waals surface area (Å²) in [7, 11) is 0. The second kappa shape index (κ2) is 5.08. The Morgan fingerprint density at radius 1 is 1.33 bits per heavy atom. The van der Waals surface area contributed by atoms with Crippen LogP contribution in [0.25, 0.3) is 0 Å². The standard InChI is InChI=1S/C8H13BF3O2.K/c1-8(2,3)14-7(13)5-4-6(5)9(10,11)12;/h5-6H,4H2,1-3H3;/q-1;+1/t5-,6-;/m1./s1. The van der Waals surface area contributed by atoms with Crippen LogP contribution in [0, 0.1) is 5.92 Å². The first-order chi connectivity index (χ1) is 6.11. The molecule has 0 N–H and O–H groups in total. The number of hydrogen-bond donors (Lipinski definition) is 0. The van der Waals surface area contributed by atoms with E-state index in [0.717, 1.165) is 0 Å². The Hall–Kier alpha value is 0.961. The molecule has 0 amide bonds. The number of hydrogen-bond acceptors (Lipinski definition) is 2. The van der Waals surface area contributed by atoms with Crippen LogP contribution < -0.4 is 51.4 Å². The Labute approximate surface area is 130 Å². The molecule has 1 fully saturated rings. The predicted molar refractivity (Wildman–Crippen MR) is 46.8 cm³/mol. The van der Waals surface area contributed by atoms with Crippen LogP contribution in [-0.2, 0) is 9.53 Å².